The minimum Gasteiger partial charge on any atom is -0.508 e. The van der Waals surface area contributed by atoms with Gasteiger partial charge in [-0.2, -0.15) is 0 Å². The number of phenolic OH excluding ortho intramolecular Hbond substituents is 1. The molecule has 5 heteroatoms. The van der Waals surface area contributed by atoms with Crippen molar-refractivity contribution in [2.24, 2.45) is 5.92 Å². The summed E-state index contributed by atoms with van der Waals surface area (Å²) in [4.78, 5) is 16.9. The third kappa shape index (κ3) is 5.44. The van der Waals surface area contributed by atoms with Crippen molar-refractivity contribution in [2.45, 2.75) is 32.1 Å². The minimum atomic E-state index is 0.133. The number of aromatic hydroxyl groups is 1. The summed E-state index contributed by atoms with van der Waals surface area (Å²) >= 11 is 0. The predicted molar refractivity (Wildman–Crippen MR) is 97.6 cm³/mol. The molecule has 2 fully saturated rings. The zero-order chi connectivity index (χ0) is 17.5. The van der Waals surface area contributed by atoms with Gasteiger partial charge in [-0.3, -0.25) is 9.69 Å². The number of carbonyl (C=O) groups excluding carboxylic acids is 1. The van der Waals surface area contributed by atoms with Crippen molar-refractivity contribution in [1.29, 1.82) is 0 Å². The molecular formula is C20H30N2O3. The van der Waals surface area contributed by atoms with E-state index < -0.39 is 0 Å². The number of para-hydroxylation sites is 1. The van der Waals surface area contributed by atoms with Gasteiger partial charge in [0.2, 0.25) is 5.91 Å². The molecule has 0 spiro atoms. The fourth-order valence-electron chi connectivity index (χ4n) is 3.83. The number of hydrogen-bond acceptors (Lipinski definition) is 4. The number of ether oxygens (including phenoxy) is 1. The number of nitrogens with zero attached hydrogens (tertiary/aromatic N) is 2. The molecule has 2 aliphatic rings. The van der Waals surface area contributed by atoms with Crippen LogP contribution in [0.2, 0.25) is 0 Å². The number of carbonyl (C=O) groups is 1. The maximum Gasteiger partial charge on any atom is 0.227 e. The summed E-state index contributed by atoms with van der Waals surface area (Å²) in [6.45, 7) is 6.77. The molecule has 0 unspecified atom stereocenters. The lowest BCUT2D eigenvalue weighted by molar-refractivity contribution is -0.131. The third-order valence-electron chi connectivity index (χ3n) is 5.49. The standard InChI is InChI=1S/C20H30N2O3/c23-19-6-2-1-5-18(19)16-20(24)22-10-7-17(8-11-22)4-3-9-21-12-14-25-15-13-21/h1-2,5-6,17,23H,3-4,7-16H2. The zero-order valence-electron chi connectivity index (χ0n) is 15.0. The van der Waals surface area contributed by atoms with Crippen LogP contribution >= 0.6 is 0 Å². The highest BCUT2D eigenvalue weighted by molar-refractivity contribution is 5.79. The normalized spacial score (nSPS) is 19.9. The molecule has 0 radical (unpaired) electrons. The Kier molecular flexibility index (Phi) is 6.70. The first kappa shape index (κ1) is 18.2. The highest BCUT2D eigenvalue weighted by Gasteiger charge is 2.23. The number of amides is 1. The van der Waals surface area contributed by atoms with E-state index in [1.165, 1.54) is 19.4 Å². The number of piperidine rings is 1. The van der Waals surface area contributed by atoms with E-state index in [-0.39, 0.29) is 11.7 Å². The number of benzene rings is 1. The Hall–Kier alpha value is -1.59. The maximum absolute atomic E-state index is 12.4. The average Bonchev–Trinajstić information content (AvgIpc) is 2.65. The highest BCUT2D eigenvalue weighted by Crippen LogP contribution is 2.24. The average molecular weight is 346 g/mol. The topological polar surface area (TPSA) is 53.0 Å². The van der Waals surface area contributed by atoms with Gasteiger partial charge in [-0.25, -0.2) is 0 Å². The van der Waals surface area contributed by atoms with Crippen LogP contribution in [0, 0.1) is 5.92 Å². The number of likely N-dealkylation sites (tertiary alicyclic amines) is 1. The van der Waals surface area contributed by atoms with Gasteiger partial charge < -0.3 is 14.7 Å². The lowest BCUT2D eigenvalue weighted by atomic mass is 9.91. The van der Waals surface area contributed by atoms with Gasteiger partial charge in [0.15, 0.2) is 0 Å². The van der Waals surface area contributed by atoms with Gasteiger partial charge in [0.25, 0.3) is 0 Å². The van der Waals surface area contributed by atoms with Crippen LogP contribution in [0.25, 0.3) is 0 Å². The van der Waals surface area contributed by atoms with Crippen molar-refractivity contribution in [3.8, 4) is 5.75 Å². The molecule has 1 amide bonds. The summed E-state index contributed by atoms with van der Waals surface area (Å²) in [5, 5.41) is 9.82. The molecule has 0 atom stereocenters. The van der Waals surface area contributed by atoms with Gasteiger partial charge in [0.05, 0.1) is 19.6 Å². The van der Waals surface area contributed by atoms with Crippen molar-refractivity contribution in [1.82, 2.24) is 9.80 Å². The summed E-state index contributed by atoms with van der Waals surface area (Å²) in [5.74, 6) is 1.09. The molecule has 2 saturated heterocycles. The lowest BCUT2D eigenvalue weighted by Crippen LogP contribution is -2.40. The molecule has 2 aliphatic heterocycles. The molecular weight excluding hydrogens is 316 g/mol. The van der Waals surface area contributed by atoms with Crippen LogP contribution in [0.1, 0.15) is 31.2 Å². The molecule has 0 aromatic heterocycles. The molecule has 1 N–H and O–H groups in total. The van der Waals surface area contributed by atoms with E-state index >= 15 is 0 Å². The summed E-state index contributed by atoms with van der Waals surface area (Å²) < 4.78 is 5.39. The highest BCUT2D eigenvalue weighted by atomic mass is 16.5. The first-order valence-electron chi connectivity index (χ1n) is 9.57. The van der Waals surface area contributed by atoms with Crippen LogP contribution in [0.5, 0.6) is 5.75 Å². The molecule has 25 heavy (non-hydrogen) atoms. The smallest absolute Gasteiger partial charge is 0.227 e. The Labute approximate surface area is 150 Å². The van der Waals surface area contributed by atoms with Gasteiger partial charge in [-0.1, -0.05) is 18.2 Å². The molecule has 138 valence electrons. The summed E-state index contributed by atoms with van der Waals surface area (Å²) in [7, 11) is 0. The fraction of sp³-hybridized carbons (Fsp3) is 0.650. The van der Waals surface area contributed by atoms with Crippen LogP contribution in [0.15, 0.2) is 24.3 Å². The maximum atomic E-state index is 12.4. The van der Waals surface area contributed by atoms with Crippen molar-refractivity contribution in [2.75, 3.05) is 45.9 Å². The molecule has 5 nitrogen and oxygen atoms in total. The Morgan fingerprint density at radius 3 is 2.56 bits per heavy atom. The van der Waals surface area contributed by atoms with Gasteiger partial charge in [-0.05, 0) is 44.2 Å². The van der Waals surface area contributed by atoms with Crippen molar-refractivity contribution < 1.29 is 14.6 Å². The van der Waals surface area contributed by atoms with Crippen LogP contribution in [0.3, 0.4) is 0 Å². The summed E-state index contributed by atoms with van der Waals surface area (Å²) in [6.07, 6.45) is 5.02. The van der Waals surface area contributed by atoms with Crippen molar-refractivity contribution in [3.63, 3.8) is 0 Å². The monoisotopic (exact) mass is 346 g/mol. The Balaban J connectivity index is 1.35. The second-order valence-corrected chi connectivity index (χ2v) is 7.23. The van der Waals surface area contributed by atoms with Crippen LogP contribution in [-0.2, 0) is 16.0 Å². The second kappa shape index (κ2) is 9.20. The number of rotatable bonds is 6. The van der Waals surface area contributed by atoms with E-state index in [4.69, 9.17) is 4.74 Å². The van der Waals surface area contributed by atoms with E-state index in [2.05, 4.69) is 4.90 Å². The molecule has 3 rings (SSSR count). The van der Waals surface area contributed by atoms with Crippen LogP contribution in [-0.4, -0.2) is 66.8 Å². The van der Waals surface area contributed by atoms with E-state index in [0.717, 1.165) is 63.7 Å². The molecule has 0 saturated carbocycles. The van der Waals surface area contributed by atoms with Gasteiger partial charge in [0.1, 0.15) is 5.75 Å². The second-order valence-electron chi connectivity index (χ2n) is 7.23. The fourth-order valence-corrected chi connectivity index (χ4v) is 3.83. The Morgan fingerprint density at radius 2 is 1.84 bits per heavy atom. The van der Waals surface area contributed by atoms with E-state index in [1.54, 1.807) is 12.1 Å². The van der Waals surface area contributed by atoms with Gasteiger partial charge >= 0.3 is 0 Å². The zero-order valence-corrected chi connectivity index (χ0v) is 15.0. The number of morpholine rings is 1. The predicted octanol–water partition coefficient (Wildman–Crippen LogP) is 2.29. The van der Waals surface area contributed by atoms with E-state index in [9.17, 15) is 9.90 Å². The Morgan fingerprint density at radius 1 is 1.12 bits per heavy atom. The third-order valence-corrected chi connectivity index (χ3v) is 5.49. The van der Waals surface area contributed by atoms with Gasteiger partial charge in [0, 0.05) is 31.7 Å². The minimum absolute atomic E-state index is 0.133. The van der Waals surface area contributed by atoms with Crippen LogP contribution in [0.4, 0.5) is 0 Å². The lowest BCUT2D eigenvalue weighted by Gasteiger charge is -2.33. The Bertz CT molecular complexity index is 550. The molecule has 1 aromatic rings. The van der Waals surface area contributed by atoms with Crippen LogP contribution < -0.4 is 0 Å². The largest absolute Gasteiger partial charge is 0.508 e. The summed E-state index contributed by atoms with van der Waals surface area (Å²) in [5.41, 5.74) is 0.722. The first-order valence-corrected chi connectivity index (χ1v) is 9.57. The van der Waals surface area contributed by atoms with E-state index in [0.29, 0.717) is 6.42 Å². The molecule has 0 aliphatic carbocycles. The van der Waals surface area contributed by atoms with E-state index in [1.807, 2.05) is 17.0 Å². The quantitative estimate of drug-likeness (QED) is 0.859. The molecule has 1 aromatic carbocycles. The number of hydrogen-bond donors (Lipinski definition) is 1. The van der Waals surface area contributed by atoms with Crippen molar-refractivity contribution >= 4 is 5.91 Å². The number of phenols is 1. The SMILES string of the molecule is O=C(Cc1ccccc1O)N1CCC(CCCN2CCOCC2)CC1. The molecule has 2 heterocycles. The van der Waals surface area contributed by atoms with Gasteiger partial charge in [-0.15, -0.1) is 0 Å². The molecule has 0 bridgehead atoms. The van der Waals surface area contributed by atoms with Crippen molar-refractivity contribution in [3.05, 3.63) is 29.8 Å². The summed E-state index contributed by atoms with van der Waals surface area (Å²) in [6, 6.07) is 7.11. The first-order chi connectivity index (χ1) is 12.2.